The highest BCUT2D eigenvalue weighted by atomic mass is 19.1. The lowest BCUT2D eigenvalue weighted by atomic mass is 9.84. The first-order chi connectivity index (χ1) is 23.1. The van der Waals surface area contributed by atoms with Gasteiger partial charge in [0.1, 0.15) is 17.2 Å². The number of hydrogen-bond acceptors (Lipinski definition) is 5. The van der Waals surface area contributed by atoms with Crippen LogP contribution in [0.15, 0.2) is 94.9 Å². The third-order valence-electron chi connectivity index (χ3n) is 9.41. The minimum atomic E-state index is -0.403. The van der Waals surface area contributed by atoms with Gasteiger partial charge < -0.3 is 24.2 Å². The summed E-state index contributed by atoms with van der Waals surface area (Å²) in [6.45, 7) is 1.43. The number of nitrogens with one attached hydrogen (secondary N) is 2. The molecule has 8 heteroatoms. The van der Waals surface area contributed by atoms with Crippen molar-refractivity contribution in [1.82, 2.24) is 9.97 Å². The number of fused-ring (bicyclic) bond motifs is 6. The van der Waals surface area contributed by atoms with Crippen molar-refractivity contribution < 1.29 is 18.6 Å². The Morgan fingerprint density at radius 2 is 1.26 bits per heavy atom. The lowest BCUT2D eigenvalue weighted by molar-refractivity contribution is 0.415. The normalized spacial score (nSPS) is 14.1. The summed E-state index contributed by atoms with van der Waals surface area (Å²) in [6, 6.07) is 26.9. The van der Waals surface area contributed by atoms with Gasteiger partial charge in [-0.25, -0.2) is 4.39 Å². The van der Waals surface area contributed by atoms with Crippen LogP contribution >= 0.6 is 0 Å². The molecule has 0 saturated heterocycles. The van der Waals surface area contributed by atoms with Gasteiger partial charge in [0, 0.05) is 47.0 Å². The second-order valence-electron chi connectivity index (χ2n) is 12.1. The van der Waals surface area contributed by atoms with E-state index in [2.05, 4.69) is 22.1 Å². The van der Waals surface area contributed by atoms with Crippen LogP contribution in [0.25, 0.3) is 21.8 Å². The Morgan fingerprint density at radius 3 is 1.81 bits per heavy atom. The molecule has 0 radical (unpaired) electrons. The predicted octanol–water partition coefficient (Wildman–Crippen LogP) is 8.55. The van der Waals surface area contributed by atoms with Gasteiger partial charge in [0.05, 0.1) is 37.0 Å². The first-order valence-corrected chi connectivity index (χ1v) is 16.0. The molecular formula is C39H35FN4O3. The molecule has 0 atom stereocenters. The third kappa shape index (κ3) is 5.43. The second-order valence-corrected chi connectivity index (χ2v) is 12.1. The predicted molar refractivity (Wildman–Crippen MR) is 185 cm³/mol. The molecule has 0 bridgehead atoms. The lowest BCUT2D eigenvalue weighted by Gasteiger charge is -2.24. The zero-order valence-electron chi connectivity index (χ0n) is 26.4. The average molecular weight is 627 g/mol. The highest BCUT2D eigenvalue weighted by Gasteiger charge is 2.28. The molecule has 2 N–H and O–H groups in total. The van der Waals surface area contributed by atoms with Crippen LogP contribution in [-0.4, -0.2) is 48.7 Å². The number of hydrogen-bond donors (Lipinski definition) is 2. The summed E-state index contributed by atoms with van der Waals surface area (Å²) in [5, 5.41) is 2.39. The van der Waals surface area contributed by atoms with Gasteiger partial charge in [-0.1, -0.05) is 24.3 Å². The zero-order chi connectivity index (χ0) is 31.9. The molecule has 0 unspecified atom stereocenters. The molecule has 0 aliphatic carbocycles. The van der Waals surface area contributed by atoms with Crippen LogP contribution in [0.5, 0.6) is 23.0 Å². The Kier molecular flexibility index (Phi) is 7.48. The van der Waals surface area contributed by atoms with Crippen molar-refractivity contribution in [2.75, 3.05) is 27.3 Å². The third-order valence-corrected chi connectivity index (χ3v) is 9.41. The molecular weight excluding hydrogens is 591 g/mol. The molecule has 47 heavy (non-hydrogen) atoms. The van der Waals surface area contributed by atoms with Crippen LogP contribution in [0.3, 0.4) is 0 Å². The van der Waals surface area contributed by atoms with Gasteiger partial charge in [0.15, 0.2) is 11.6 Å². The van der Waals surface area contributed by atoms with Crippen LogP contribution in [0.2, 0.25) is 0 Å². The zero-order valence-corrected chi connectivity index (χ0v) is 26.4. The Balaban J connectivity index is 1.19. The molecule has 0 fully saturated rings. The van der Waals surface area contributed by atoms with Gasteiger partial charge in [-0.05, 0) is 96.8 Å². The van der Waals surface area contributed by atoms with Crippen molar-refractivity contribution in [3.8, 4) is 23.0 Å². The number of ether oxygens (including phenoxy) is 3. The minimum absolute atomic E-state index is 0.0509. The van der Waals surface area contributed by atoms with E-state index in [0.29, 0.717) is 18.6 Å². The number of rotatable bonds is 9. The van der Waals surface area contributed by atoms with Gasteiger partial charge in [-0.15, -0.1) is 0 Å². The van der Waals surface area contributed by atoms with E-state index < -0.39 is 5.82 Å². The molecule has 0 spiro atoms. The topological polar surface area (TPSA) is 84.0 Å². The Hall–Kier alpha value is -5.37. The maximum atomic E-state index is 15.2. The van der Waals surface area contributed by atoms with E-state index in [1.165, 1.54) is 28.0 Å². The fourth-order valence-electron chi connectivity index (χ4n) is 7.07. The van der Waals surface area contributed by atoms with E-state index in [0.717, 1.165) is 76.8 Å². The number of H-pyrrole nitrogens is 2. The summed E-state index contributed by atoms with van der Waals surface area (Å²) in [7, 11) is 3.37. The maximum Gasteiger partial charge on any atom is 0.165 e. The summed E-state index contributed by atoms with van der Waals surface area (Å²) in [4.78, 5) is 17.4. The quantitative estimate of drug-likeness (QED) is 0.169. The molecule has 0 amide bonds. The number of para-hydroxylation sites is 1. The van der Waals surface area contributed by atoms with Gasteiger partial charge in [-0.2, -0.15) is 0 Å². The van der Waals surface area contributed by atoms with E-state index in [1.807, 2.05) is 66.7 Å². The van der Waals surface area contributed by atoms with Crippen LogP contribution in [0.4, 0.5) is 4.39 Å². The van der Waals surface area contributed by atoms with Crippen LogP contribution in [-0.2, 0) is 12.8 Å². The smallest absolute Gasteiger partial charge is 0.165 e. The lowest BCUT2D eigenvalue weighted by Crippen LogP contribution is -2.20. The van der Waals surface area contributed by atoms with Crippen LogP contribution in [0.1, 0.15) is 46.8 Å². The summed E-state index contributed by atoms with van der Waals surface area (Å²) in [5.41, 5.74) is 9.76. The molecule has 2 aliphatic heterocycles. The number of aromatic nitrogens is 2. The van der Waals surface area contributed by atoms with Crippen LogP contribution < -0.4 is 14.2 Å². The highest BCUT2D eigenvalue weighted by Crippen LogP contribution is 2.38. The van der Waals surface area contributed by atoms with E-state index >= 15 is 4.39 Å². The molecule has 4 aromatic carbocycles. The van der Waals surface area contributed by atoms with Crippen LogP contribution in [0, 0.1) is 5.82 Å². The first kappa shape index (κ1) is 29.1. The Labute approximate surface area is 272 Å². The number of methoxy groups -OCH3 is 2. The van der Waals surface area contributed by atoms with E-state index in [1.54, 1.807) is 14.2 Å². The summed E-state index contributed by atoms with van der Waals surface area (Å²) < 4.78 is 32.2. The average Bonchev–Trinajstić information content (AvgIpc) is 3.68. The van der Waals surface area contributed by atoms with E-state index in [-0.39, 0.29) is 11.7 Å². The van der Waals surface area contributed by atoms with Crippen molar-refractivity contribution in [2.45, 2.75) is 31.6 Å². The van der Waals surface area contributed by atoms with Crippen molar-refractivity contribution in [2.24, 2.45) is 9.98 Å². The monoisotopic (exact) mass is 626 g/mol. The number of aromatic amines is 2. The first-order valence-electron chi connectivity index (χ1n) is 16.0. The molecule has 6 aromatic rings. The molecule has 4 heterocycles. The molecule has 8 rings (SSSR count). The summed E-state index contributed by atoms with van der Waals surface area (Å²) in [5.74, 6) is 1.96. The van der Waals surface area contributed by atoms with Crippen molar-refractivity contribution in [3.63, 3.8) is 0 Å². The van der Waals surface area contributed by atoms with Crippen molar-refractivity contribution >= 4 is 33.2 Å². The SMILES string of the molecule is COc1ccc2c3c([nH]c2c1)C(CC(CC1=NCCc2c1[nH]c1cc(OC)ccc21)c1ccc(F)c(Oc2ccccc2)c1)=NCC3. The number of halogens is 1. The fraction of sp³-hybridized carbons (Fsp3) is 0.231. The second kappa shape index (κ2) is 12.1. The van der Waals surface area contributed by atoms with Gasteiger partial charge >= 0.3 is 0 Å². The molecule has 236 valence electrons. The van der Waals surface area contributed by atoms with Crippen molar-refractivity contribution in [3.05, 3.63) is 119 Å². The number of benzene rings is 4. The Bertz CT molecular complexity index is 2070. The molecule has 7 nitrogen and oxygen atoms in total. The standard InChI is InChI=1S/C39H35FN4O3/c1-45-26-9-11-28-30-14-16-41-35(38(30)43-33(28)21-26)18-24(23-8-13-32(40)37(20-23)47-25-6-4-3-5-7-25)19-36-39-31(15-17-42-36)29-12-10-27(46-2)22-34(29)44-39/h3-13,20-22,24,43-44H,14-19H2,1-2H3. The van der Waals surface area contributed by atoms with Gasteiger partial charge in [0.2, 0.25) is 0 Å². The highest BCUT2D eigenvalue weighted by molar-refractivity contribution is 6.09. The molecule has 2 aliphatic rings. The van der Waals surface area contributed by atoms with E-state index in [4.69, 9.17) is 24.2 Å². The Morgan fingerprint density at radius 1 is 0.681 bits per heavy atom. The molecule has 2 aromatic heterocycles. The largest absolute Gasteiger partial charge is 0.497 e. The van der Waals surface area contributed by atoms with E-state index in [9.17, 15) is 0 Å². The van der Waals surface area contributed by atoms with Crippen molar-refractivity contribution in [1.29, 1.82) is 0 Å². The van der Waals surface area contributed by atoms with Gasteiger partial charge in [0.25, 0.3) is 0 Å². The summed E-state index contributed by atoms with van der Waals surface area (Å²) >= 11 is 0. The number of nitrogens with zero attached hydrogens (tertiary/aromatic N) is 2. The van der Waals surface area contributed by atoms with Gasteiger partial charge in [-0.3, -0.25) is 9.98 Å². The molecule has 0 saturated carbocycles. The summed E-state index contributed by atoms with van der Waals surface area (Å²) in [6.07, 6.45) is 3.04. The number of aliphatic imine (C=N–C) groups is 2. The maximum absolute atomic E-state index is 15.2. The fourth-order valence-corrected chi connectivity index (χ4v) is 7.07. The minimum Gasteiger partial charge on any atom is -0.497 e.